The molecule has 1 unspecified atom stereocenters. The zero-order chi connectivity index (χ0) is 29.7. The first-order valence-electron chi connectivity index (χ1n) is 11.2. The van der Waals surface area contributed by atoms with Gasteiger partial charge in [0.05, 0.1) is 26.2 Å². The number of carboxylic acids is 6. The van der Waals surface area contributed by atoms with Crippen LogP contribution in [0.4, 0.5) is 5.69 Å². The molecule has 1 rings (SSSR count). The second-order valence-electron chi connectivity index (χ2n) is 8.25. The molecule has 0 spiro atoms. The van der Waals surface area contributed by atoms with Gasteiger partial charge in [0.1, 0.15) is 11.8 Å². The highest BCUT2D eigenvalue weighted by Gasteiger charge is 2.32. The van der Waals surface area contributed by atoms with Crippen molar-refractivity contribution in [3.05, 3.63) is 23.8 Å². The number of anilines is 1. The van der Waals surface area contributed by atoms with Crippen LogP contribution < -0.4 is 10.5 Å². The van der Waals surface area contributed by atoms with Crippen molar-refractivity contribution >= 4 is 41.5 Å². The van der Waals surface area contributed by atoms with E-state index in [1.54, 1.807) is 0 Å². The molecule has 216 valence electrons. The number of nitrogens with two attached hydrogens (primary N) is 1. The summed E-state index contributed by atoms with van der Waals surface area (Å²) < 4.78 is 5.22. The van der Waals surface area contributed by atoms with Gasteiger partial charge in [0.15, 0.2) is 6.61 Å². The summed E-state index contributed by atoms with van der Waals surface area (Å²) in [5.41, 5.74) is 5.83. The molecule has 17 nitrogen and oxygen atoms in total. The Kier molecular flexibility index (Phi) is 13.1. The molecule has 17 heteroatoms. The molecule has 1 aromatic rings. The third kappa shape index (κ3) is 12.5. The number of hydrogen-bond donors (Lipinski definition) is 7. The lowest BCUT2D eigenvalue weighted by Gasteiger charge is -2.33. The molecule has 8 N–H and O–H groups in total. The average molecular weight is 558 g/mol. The maximum Gasteiger partial charge on any atom is 0.341 e. The summed E-state index contributed by atoms with van der Waals surface area (Å²) in [7, 11) is 0. The number of carbonyl (C=O) groups is 6. The van der Waals surface area contributed by atoms with Gasteiger partial charge in [-0.05, 0) is 18.2 Å². The normalized spacial score (nSPS) is 11.9. The fourth-order valence-corrected chi connectivity index (χ4v) is 3.64. The number of benzene rings is 1. The highest BCUT2D eigenvalue weighted by molar-refractivity contribution is 5.78. The molecular formula is C22H30N4O13. The van der Waals surface area contributed by atoms with Gasteiger partial charge in [-0.2, -0.15) is 0 Å². The first kappa shape index (κ1) is 32.5. The first-order valence-corrected chi connectivity index (χ1v) is 11.2. The number of nitrogen functional groups attached to an aromatic ring is 1. The summed E-state index contributed by atoms with van der Waals surface area (Å²) in [4.78, 5) is 71.5. The van der Waals surface area contributed by atoms with E-state index in [2.05, 4.69) is 0 Å². The van der Waals surface area contributed by atoms with Crippen LogP contribution in [0, 0.1) is 0 Å². The molecule has 0 saturated carbocycles. The van der Waals surface area contributed by atoms with Crippen molar-refractivity contribution in [2.75, 3.05) is 64.7 Å². The molecule has 0 saturated heterocycles. The predicted molar refractivity (Wildman–Crippen MR) is 129 cm³/mol. The summed E-state index contributed by atoms with van der Waals surface area (Å²) in [6.07, 6.45) is 0. The van der Waals surface area contributed by atoms with Crippen LogP contribution in [0.15, 0.2) is 18.2 Å². The van der Waals surface area contributed by atoms with Gasteiger partial charge in [0.2, 0.25) is 0 Å². The minimum atomic E-state index is -1.62. The number of rotatable bonds is 20. The molecule has 0 radical (unpaired) electrons. The van der Waals surface area contributed by atoms with Crippen LogP contribution in [0.3, 0.4) is 0 Å². The Hall–Kier alpha value is -4.48. The Morgan fingerprint density at radius 1 is 0.692 bits per heavy atom. The van der Waals surface area contributed by atoms with Gasteiger partial charge in [0.25, 0.3) is 0 Å². The topological polar surface area (TPSA) is 269 Å². The molecule has 0 fully saturated rings. The van der Waals surface area contributed by atoms with E-state index in [-0.39, 0.29) is 43.2 Å². The zero-order valence-electron chi connectivity index (χ0n) is 20.6. The molecule has 0 aliphatic carbocycles. The summed E-state index contributed by atoms with van der Waals surface area (Å²) in [5.74, 6) is -8.34. The van der Waals surface area contributed by atoms with Crippen molar-refractivity contribution in [1.29, 1.82) is 0 Å². The maximum absolute atomic E-state index is 12.5. The Morgan fingerprint density at radius 2 is 1.13 bits per heavy atom. The highest BCUT2D eigenvalue weighted by Crippen LogP contribution is 2.32. The number of hydrogen-bond acceptors (Lipinski definition) is 11. The lowest BCUT2D eigenvalue weighted by Crippen LogP contribution is -2.46. The van der Waals surface area contributed by atoms with Crippen LogP contribution in [0.25, 0.3) is 0 Å². The third-order valence-corrected chi connectivity index (χ3v) is 5.12. The van der Waals surface area contributed by atoms with Crippen LogP contribution in [0.2, 0.25) is 0 Å². The van der Waals surface area contributed by atoms with Gasteiger partial charge in [-0.15, -0.1) is 0 Å². The van der Waals surface area contributed by atoms with Crippen LogP contribution in [-0.4, -0.2) is 140 Å². The molecular weight excluding hydrogens is 528 g/mol. The van der Waals surface area contributed by atoms with Gasteiger partial charge in [-0.1, -0.05) is 0 Å². The summed E-state index contributed by atoms with van der Waals surface area (Å²) in [6, 6.07) is 2.20. The lowest BCUT2D eigenvalue weighted by molar-refractivity contribution is -0.146. The lowest BCUT2D eigenvalue weighted by atomic mass is 10.0. The fraction of sp³-hybridized carbons (Fsp3) is 0.455. The second-order valence-corrected chi connectivity index (χ2v) is 8.25. The third-order valence-electron chi connectivity index (χ3n) is 5.12. The van der Waals surface area contributed by atoms with E-state index in [1.165, 1.54) is 23.1 Å². The number of nitrogens with zero attached hydrogens (tertiary/aromatic N) is 3. The van der Waals surface area contributed by atoms with Crippen molar-refractivity contribution in [1.82, 2.24) is 14.7 Å². The summed E-state index contributed by atoms with van der Waals surface area (Å²) in [5, 5.41) is 55.6. The van der Waals surface area contributed by atoms with Crippen molar-refractivity contribution in [3.63, 3.8) is 0 Å². The van der Waals surface area contributed by atoms with Crippen molar-refractivity contribution in [2.45, 2.75) is 6.04 Å². The summed E-state index contributed by atoms with van der Waals surface area (Å²) in [6.45, 7) is -4.67. The van der Waals surface area contributed by atoms with E-state index in [9.17, 15) is 33.9 Å². The smallest absolute Gasteiger partial charge is 0.341 e. The van der Waals surface area contributed by atoms with E-state index in [4.69, 9.17) is 36.0 Å². The van der Waals surface area contributed by atoms with Gasteiger partial charge < -0.3 is 41.1 Å². The van der Waals surface area contributed by atoms with Crippen LogP contribution >= 0.6 is 0 Å². The highest BCUT2D eigenvalue weighted by atomic mass is 16.5. The predicted octanol–water partition coefficient (Wildman–Crippen LogP) is -1.90. The van der Waals surface area contributed by atoms with E-state index in [1.807, 2.05) is 0 Å². The number of carboxylic acid groups (broad SMARTS) is 6. The van der Waals surface area contributed by atoms with E-state index in [0.29, 0.717) is 0 Å². The average Bonchev–Trinajstić information content (AvgIpc) is 2.77. The van der Waals surface area contributed by atoms with Gasteiger partial charge in [-0.3, -0.25) is 38.7 Å². The summed E-state index contributed by atoms with van der Waals surface area (Å²) >= 11 is 0. The monoisotopic (exact) mass is 558 g/mol. The Labute approximate surface area is 221 Å². The fourth-order valence-electron chi connectivity index (χ4n) is 3.64. The van der Waals surface area contributed by atoms with Crippen molar-refractivity contribution < 1.29 is 64.1 Å². The van der Waals surface area contributed by atoms with Crippen molar-refractivity contribution in [2.24, 2.45) is 0 Å². The molecule has 1 aromatic carbocycles. The molecule has 39 heavy (non-hydrogen) atoms. The second kappa shape index (κ2) is 15.7. The van der Waals surface area contributed by atoms with E-state index >= 15 is 0 Å². The van der Waals surface area contributed by atoms with Crippen LogP contribution in [-0.2, 0) is 28.8 Å². The Bertz CT molecular complexity index is 992. The molecule has 0 aliphatic heterocycles. The van der Waals surface area contributed by atoms with Crippen LogP contribution in [0.1, 0.15) is 11.6 Å². The SMILES string of the molecule is Nc1ccc(OCC(=O)O)c(C(C(=O)O)N(CCN(CC(=O)O)CC(=O)O)CCN(CC(=O)O)CC(=O)O)c1. The Balaban J connectivity index is 3.46. The zero-order valence-corrected chi connectivity index (χ0v) is 20.6. The quantitative estimate of drug-likeness (QED) is 0.0861. The molecule has 0 heterocycles. The van der Waals surface area contributed by atoms with Crippen molar-refractivity contribution in [3.8, 4) is 5.75 Å². The first-order chi connectivity index (χ1) is 18.2. The van der Waals surface area contributed by atoms with Crippen LogP contribution in [0.5, 0.6) is 5.75 Å². The molecule has 0 aromatic heterocycles. The molecule has 0 aliphatic rings. The molecule has 0 amide bonds. The maximum atomic E-state index is 12.5. The van der Waals surface area contributed by atoms with Gasteiger partial charge in [0, 0.05) is 37.4 Å². The number of aliphatic carboxylic acids is 6. The molecule has 1 atom stereocenters. The number of ether oxygens (including phenoxy) is 1. The molecule has 0 bridgehead atoms. The largest absolute Gasteiger partial charge is 0.482 e. The minimum Gasteiger partial charge on any atom is -0.482 e. The van der Waals surface area contributed by atoms with Gasteiger partial charge >= 0.3 is 35.8 Å². The standard InChI is InChI=1S/C22H30N4O13/c23-13-1-2-15(39-12-20(35)36)14(7-13)21(22(37)38)26(5-3-24(8-16(27)28)9-17(29)30)6-4-25(10-18(31)32)11-19(33)34/h1-2,7,21H,3-6,8-12,23H2,(H,27,28)(H,29,30)(H,31,32)(H,33,34)(H,35,36)(H,37,38). The minimum absolute atomic E-state index is 0.0882. The van der Waals surface area contributed by atoms with E-state index < -0.39 is 74.6 Å². The van der Waals surface area contributed by atoms with E-state index in [0.717, 1.165) is 9.80 Å². The Morgan fingerprint density at radius 3 is 1.49 bits per heavy atom. The van der Waals surface area contributed by atoms with Gasteiger partial charge in [-0.25, -0.2) is 4.79 Å².